The molecule has 2 atom stereocenters. The van der Waals surface area contributed by atoms with Gasteiger partial charge in [0.05, 0.1) is 6.04 Å². The number of piperidine rings is 1. The number of nitrogens with zero attached hydrogens (tertiary/aromatic N) is 1. The molecule has 0 saturated carbocycles. The Morgan fingerprint density at radius 1 is 1.09 bits per heavy atom. The van der Waals surface area contributed by atoms with Crippen molar-refractivity contribution in [3.63, 3.8) is 0 Å². The molecule has 0 radical (unpaired) electrons. The zero-order chi connectivity index (χ0) is 15.5. The molecular formula is C18H27N2O2+. The number of ether oxygens (including phenoxy) is 1. The lowest BCUT2D eigenvalue weighted by atomic mass is 10.0. The van der Waals surface area contributed by atoms with E-state index in [9.17, 15) is 4.79 Å². The van der Waals surface area contributed by atoms with Gasteiger partial charge in [0.25, 0.3) is 5.91 Å². The summed E-state index contributed by atoms with van der Waals surface area (Å²) in [6.45, 7) is 8.30. The van der Waals surface area contributed by atoms with Gasteiger partial charge in [-0.3, -0.25) is 4.79 Å². The van der Waals surface area contributed by atoms with E-state index >= 15 is 0 Å². The Hall–Kier alpha value is -1.39. The van der Waals surface area contributed by atoms with E-state index in [0.717, 1.165) is 44.6 Å². The van der Waals surface area contributed by atoms with Crippen molar-refractivity contribution in [3.05, 3.63) is 35.9 Å². The van der Waals surface area contributed by atoms with Gasteiger partial charge in [0.2, 0.25) is 0 Å². The van der Waals surface area contributed by atoms with Crippen LogP contribution in [0.1, 0.15) is 37.0 Å². The lowest BCUT2D eigenvalue weighted by Crippen LogP contribution is -3.19. The summed E-state index contributed by atoms with van der Waals surface area (Å²) in [7, 11) is 0. The van der Waals surface area contributed by atoms with Crippen molar-refractivity contribution in [2.24, 2.45) is 0 Å². The Labute approximate surface area is 133 Å². The molecule has 0 bridgehead atoms. The molecule has 2 fully saturated rings. The first-order valence-electron chi connectivity index (χ1n) is 8.48. The molecular weight excluding hydrogens is 276 g/mol. The fourth-order valence-electron chi connectivity index (χ4n) is 3.90. The summed E-state index contributed by atoms with van der Waals surface area (Å²) in [6.07, 6.45) is 2.91. The molecule has 2 heterocycles. The van der Waals surface area contributed by atoms with Crippen LogP contribution in [0.15, 0.2) is 30.3 Å². The van der Waals surface area contributed by atoms with Crippen LogP contribution in [0.5, 0.6) is 0 Å². The highest BCUT2D eigenvalue weighted by Crippen LogP contribution is 2.13. The van der Waals surface area contributed by atoms with Gasteiger partial charge >= 0.3 is 0 Å². The maximum atomic E-state index is 12.5. The van der Waals surface area contributed by atoms with Crippen molar-refractivity contribution >= 4 is 5.91 Å². The number of morpholine rings is 1. The van der Waals surface area contributed by atoms with Gasteiger partial charge < -0.3 is 14.5 Å². The zero-order valence-corrected chi connectivity index (χ0v) is 13.6. The molecule has 1 aromatic rings. The van der Waals surface area contributed by atoms with Crippen LogP contribution in [0.3, 0.4) is 0 Å². The van der Waals surface area contributed by atoms with Crippen molar-refractivity contribution in [2.45, 2.75) is 44.9 Å². The van der Waals surface area contributed by atoms with E-state index in [4.69, 9.17) is 4.74 Å². The molecule has 1 amide bonds. The van der Waals surface area contributed by atoms with Crippen molar-refractivity contribution in [3.8, 4) is 0 Å². The molecule has 22 heavy (non-hydrogen) atoms. The number of carbonyl (C=O) groups excluding carboxylic acids is 1. The fraction of sp³-hybridized carbons (Fsp3) is 0.611. The number of likely N-dealkylation sites (tertiary alicyclic amines) is 1. The summed E-state index contributed by atoms with van der Waals surface area (Å²) >= 11 is 0. The van der Waals surface area contributed by atoms with Gasteiger partial charge in [-0.2, -0.15) is 0 Å². The van der Waals surface area contributed by atoms with E-state index in [1.165, 1.54) is 0 Å². The number of benzene rings is 1. The number of amides is 1. The first-order valence-corrected chi connectivity index (χ1v) is 8.48. The summed E-state index contributed by atoms with van der Waals surface area (Å²) in [5, 5.41) is 0. The molecule has 1 aromatic carbocycles. The van der Waals surface area contributed by atoms with Crippen LogP contribution in [0.4, 0.5) is 0 Å². The average molecular weight is 303 g/mol. The van der Waals surface area contributed by atoms with Crippen molar-refractivity contribution in [1.82, 2.24) is 4.90 Å². The highest BCUT2D eigenvalue weighted by Gasteiger charge is 2.34. The monoisotopic (exact) mass is 303 g/mol. The molecule has 3 rings (SSSR count). The molecule has 0 spiro atoms. The third-order valence-electron chi connectivity index (χ3n) is 4.94. The Balaban J connectivity index is 1.55. The Morgan fingerprint density at radius 3 is 2.27 bits per heavy atom. The summed E-state index contributed by atoms with van der Waals surface area (Å²) in [5.74, 6) is 0.178. The van der Waals surface area contributed by atoms with Gasteiger partial charge in [0.15, 0.2) is 0 Å². The predicted molar refractivity (Wildman–Crippen MR) is 86.1 cm³/mol. The number of rotatable bonds is 2. The molecule has 2 aliphatic rings. The quantitative estimate of drug-likeness (QED) is 0.884. The van der Waals surface area contributed by atoms with Crippen LogP contribution >= 0.6 is 0 Å². The molecule has 0 aliphatic carbocycles. The van der Waals surface area contributed by atoms with Gasteiger partial charge in [-0.05, 0) is 26.0 Å². The van der Waals surface area contributed by atoms with Crippen LogP contribution in [0.25, 0.3) is 0 Å². The molecule has 0 unspecified atom stereocenters. The van der Waals surface area contributed by atoms with E-state index < -0.39 is 0 Å². The Kier molecular flexibility index (Phi) is 4.79. The third-order valence-corrected chi connectivity index (χ3v) is 4.94. The lowest BCUT2D eigenvalue weighted by Gasteiger charge is -2.41. The van der Waals surface area contributed by atoms with Crippen LogP contribution in [0, 0.1) is 0 Å². The Morgan fingerprint density at radius 2 is 1.68 bits per heavy atom. The summed E-state index contributed by atoms with van der Waals surface area (Å²) in [6, 6.07) is 10.3. The molecule has 2 saturated heterocycles. The van der Waals surface area contributed by atoms with Crippen molar-refractivity contribution in [2.75, 3.05) is 26.2 Å². The van der Waals surface area contributed by atoms with Gasteiger partial charge in [0.1, 0.15) is 25.3 Å². The summed E-state index contributed by atoms with van der Waals surface area (Å²) in [4.78, 5) is 16.2. The highest BCUT2D eigenvalue weighted by molar-refractivity contribution is 5.94. The minimum absolute atomic E-state index is 0.178. The number of quaternary nitrogens is 1. The second kappa shape index (κ2) is 6.80. The van der Waals surface area contributed by atoms with Crippen LogP contribution in [-0.4, -0.2) is 55.2 Å². The predicted octanol–water partition coefficient (Wildman–Crippen LogP) is 0.983. The molecule has 120 valence electrons. The van der Waals surface area contributed by atoms with E-state index in [1.807, 2.05) is 35.2 Å². The van der Waals surface area contributed by atoms with E-state index in [0.29, 0.717) is 18.2 Å². The second-order valence-corrected chi connectivity index (χ2v) is 6.76. The van der Waals surface area contributed by atoms with Crippen LogP contribution in [0.2, 0.25) is 0 Å². The highest BCUT2D eigenvalue weighted by atomic mass is 16.5. The summed E-state index contributed by atoms with van der Waals surface area (Å²) < 4.78 is 5.84. The zero-order valence-electron chi connectivity index (χ0n) is 13.6. The maximum Gasteiger partial charge on any atom is 0.253 e. The standard InChI is InChI=1S/C18H26N2O2/c1-14-12-20(13-15(2)22-14)17-8-10-19(11-9-17)18(21)16-6-4-3-5-7-16/h3-7,14-15,17H,8-13H2,1-2H3/p+1/t14-,15-/m1/s1. The van der Waals surface area contributed by atoms with Gasteiger partial charge in [-0.1, -0.05) is 18.2 Å². The van der Waals surface area contributed by atoms with E-state index in [2.05, 4.69) is 13.8 Å². The van der Waals surface area contributed by atoms with Gasteiger partial charge in [-0.15, -0.1) is 0 Å². The van der Waals surface area contributed by atoms with Crippen molar-refractivity contribution < 1.29 is 14.4 Å². The van der Waals surface area contributed by atoms with Gasteiger partial charge in [-0.25, -0.2) is 0 Å². The third kappa shape index (κ3) is 3.50. The number of hydrogen-bond donors (Lipinski definition) is 1. The van der Waals surface area contributed by atoms with Crippen LogP contribution in [-0.2, 0) is 4.74 Å². The minimum atomic E-state index is 0.178. The normalized spacial score (nSPS) is 30.3. The smallest absolute Gasteiger partial charge is 0.253 e. The Bertz CT molecular complexity index is 487. The van der Waals surface area contributed by atoms with E-state index in [1.54, 1.807) is 4.90 Å². The topological polar surface area (TPSA) is 34.0 Å². The fourth-order valence-corrected chi connectivity index (χ4v) is 3.90. The lowest BCUT2D eigenvalue weighted by molar-refractivity contribution is -0.940. The number of nitrogens with one attached hydrogen (secondary N) is 1. The van der Waals surface area contributed by atoms with Crippen LogP contribution < -0.4 is 4.90 Å². The molecule has 2 aliphatic heterocycles. The molecule has 4 heteroatoms. The molecule has 4 nitrogen and oxygen atoms in total. The van der Waals surface area contributed by atoms with Crippen molar-refractivity contribution in [1.29, 1.82) is 0 Å². The second-order valence-electron chi connectivity index (χ2n) is 6.76. The molecule has 1 N–H and O–H groups in total. The first kappa shape index (κ1) is 15.5. The largest absolute Gasteiger partial charge is 0.364 e. The maximum absolute atomic E-state index is 12.5. The number of carbonyl (C=O) groups is 1. The molecule has 0 aromatic heterocycles. The summed E-state index contributed by atoms with van der Waals surface area (Å²) in [5.41, 5.74) is 0.807. The van der Waals surface area contributed by atoms with Gasteiger partial charge in [0, 0.05) is 31.5 Å². The minimum Gasteiger partial charge on any atom is -0.364 e. The SMILES string of the molecule is C[C@@H]1C[NH+](C2CCN(C(=O)c3ccccc3)CC2)C[C@@H](C)O1. The average Bonchev–Trinajstić information content (AvgIpc) is 2.54. The van der Waals surface area contributed by atoms with E-state index in [-0.39, 0.29) is 5.91 Å². The number of hydrogen-bond acceptors (Lipinski definition) is 2. The first-order chi connectivity index (χ1) is 10.6.